The first kappa shape index (κ1) is 24.0. The van der Waals surface area contributed by atoms with Gasteiger partial charge in [-0.25, -0.2) is 8.42 Å². The summed E-state index contributed by atoms with van der Waals surface area (Å²) in [6.07, 6.45) is 3.04. The lowest BCUT2D eigenvalue weighted by Gasteiger charge is -2.34. The molecule has 2 heterocycles. The number of hydrogen-bond acceptors (Lipinski definition) is 6. The third kappa shape index (κ3) is 5.85. The van der Waals surface area contributed by atoms with Gasteiger partial charge in [0.15, 0.2) is 0 Å². The molecule has 0 atom stereocenters. The Bertz CT molecular complexity index is 1240. The van der Waals surface area contributed by atoms with Gasteiger partial charge in [0, 0.05) is 50.8 Å². The number of aromatic nitrogens is 1. The van der Waals surface area contributed by atoms with Crippen LogP contribution in [-0.2, 0) is 16.6 Å². The molecule has 1 saturated heterocycles. The summed E-state index contributed by atoms with van der Waals surface area (Å²) in [5, 5.41) is 0.444. The van der Waals surface area contributed by atoms with E-state index in [1.165, 1.54) is 31.6 Å². The van der Waals surface area contributed by atoms with Gasteiger partial charge in [-0.3, -0.25) is 19.4 Å². The van der Waals surface area contributed by atoms with Gasteiger partial charge in [0.1, 0.15) is 5.75 Å². The molecule has 1 aliphatic rings. The van der Waals surface area contributed by atoms with E-state index in [1.807, 2.05) is 12.1 Å². The summed E-state index contributed by atoms with van der Waals surface area (Å²) in [5.41, 5.74) is 2.05. The number of carbonyl (C=O) groups is 1. The molecule has 1 fully saturated rings. The zero-order valence-electron chi connectivity index (χ0n) is 18.6. The Kier molecular flexibility index (Phi) is 7.35. The van der Waals surface area contributed by atoms with E-state index in [9.17, 15) is 13.2 Å². The van der Waals surface area contributed by atoms with Gasteiger partial charge >= 0.3 is 0 Å². The van der Waals surface area contributed by atoms with E-state index in [0.717, 1.165) is 18.7 Å². The number of nitrogens with zero attached hydrogens (tertiary/aromatic N) is 3. The molecule has 0 radical (unpaired) electrons. The van der Waals surface area contributed by atoms with E-state index in [0.29, 0.717) is 41.7 Å². The van der Waals surface area contributed by atoms with Crippen molar-refractivity contribution in [1.82, 2.24) is 14.8 Å². The maximum Gasteiger partial charge on any atom is 0.261 e. The van der Waals surface area contributed by atoms with Crippen LogP contribution >= 0.6 is 11.6 Å². The number of hydrogen-bond donors (Lipinski definition) is 1. The van der Waals surface area contributed by atoms with Crippen LogP contribution in [-0.4, -0.2) is 62.4 Å². The smallest absolute Gasteiger partial charge is 0.261 e. The Labute approximate surface area is 204 Å². The number of amides is 1. The molecule has 0 aliphatic carbocycles. The maximum absolute atomic E-state index is 12.6. The topological polar surface area (TPSA) is 91.8 Å². The van der Waals surface area contributed by atoms with E-state index in [2.05, 4.69) is 14.6 Å². The minimum Gasteiger partial charge on any atom is -0.497 e. The number of methoxy groups -OCH3 is 1. The van der Waals surface area contributed by atoms with Crippen LogP contribution in [0.4, 0.5) is 5.69 Å². The van der Waals surface area contributed by atoms with E-state index in [4.69, 9.17) is 16.3 Å². The van der Waals surface area contributed by atoms with Crippen molar-refractivity contribution >= 4 is 33.2 Å². The first-order valence-electron chi connectivity index (χ1n) is 10.7. The average molecular weight is 501 g/mol. The van der Waals surface area contributed by atoms with Crippen LogP contribution in [0.15, 0.2) is 71.9 Å². The lowest BCUT2D eigenvalue weighted by atomic mass is 10.1. The standard InChI is InChI=1S/C24H25ClN4O4S/c1-33-22-6-8-23(9-7-22)34(31,32)27-21-4-2-18(3-5-21)17-28-10-12-29(13-11-28)24(30)19-14-20(25)16-26-15-19/h2-9,14-16,27H,10-13,17H2,1H3. The van der Waals surface area contributed by atoms with E-state index in [-0.39, 0.29) is 10.8 Å². The number of sulfonamides is 1. The monoisotopic (exact) mass is 500 g/mol. The van der Waals surface area contributed by atoms with Crippen molar-refractivity contribution in [2.45, 2.75) is 11.4 Å². The summed E-state index contributed by atoms with van der Waals surface area (Å²) < 4.78 is 32.9. The molecule has 4 rings (SSSR count). The number of ether oxygens (including phenoxy) is 1. The number of carbonyl (C=O) groups excluding carboxylic acids is 1. The summed E-state index contributed by atoms with van der Waals surface area (Å²) in [7, 11) is -2.16. The second-order valence-corrected chi connectivity index (χ2v) is 10.1. The number of nitrogens with one attached hydrogen (secondary N) is 1. The van der Waals surface area contributed by atoms with Crippen LogP contribution in [0.25, 0.3) is 0 Å². The molecule has 1 amide bonds. The molecule has 0 unspecified atom stereocenters. The fourth-order valence-electron chi connectivity index (χ4n) is 3.73. The van der Waals surface area contributed by atoms with Crippen molar-refractivity contribution in [1.29, 1.82) is 0 Å². The Morgan fingerprint density at radius 3 is 2.32 bits per heavy atom. The third-order valence-corrected chi connectivity index (χ3v) is 7.20. The molecule has 0 saturated carbocycles. The van der Waals surface area contributed by atoms with Gasteiger partial charge in [0.05, 0.1) is 22.6 Å². The Hall–Kier alpha value is -3.14. The third-order valence-electron chi connectivity index (χ3n) is 5.59. The highest BCUT2D eigenvalue weighted by atomic mass is 35.5. The summed E-state index contributed by atoms with van der Waals surface area (Å²) >= 11 is 5.95. The molecule has 1 aromatic heterocycles. The maximum atomic E-state index is 12.6. The van der Waals surface area contributed by atoms with Crippen LogP contribution < -0.4 is 9.46 Å². The average Bonchev–Trinajstić information content (AvgIpc) is 2.85. The predicted octanol–water partition coefficient (Wildman–Crippen LogP) is 3.50. The molecule has 1 N–H and O–H groups in total. The molecule has 34 heavy (non-hydrogen) atoms. The minimum absolute atomic E-state index is 0.0665. The van der Waals surface area contributed by atoms with E-state index in [1.54, 1.807) is 35.2 Å². The van der Waals surface area contributed by atoms with Crippen molar-refractivity contribution in [3.8, 4) is 5.75 Å². The summed E-state index contributed by atoms with van der Waals surface area (Å²) in [6, 6.07) is 15.2. The van der Waals surface area contributed by atoms with Gasteiger partial charge in [0.25, 0.3) is 15.9 Å². The molecule has 0 spiro atoms. The summed E-state index contributed by atoms with van der Waals surface area (Å²) in [6.45, 7) is 3.43. The summed E-state index contributed by atoms with van der Waals surface area (Å²) in [5.74, 6) is 0.526. The van der Waals surface area contributed by atoms with Gasteiger partial charge in [-0.05, 0) is 48.0 Å². The van der Waals surface area contributed by atoms with Crippen LogP contribution in [0.5, 0.6) is 5.75 Å². The van der Waals surface area contributed by atoms with Crippen LogP contribution in [0, 0.1) is 0 Å². The molecule has 10 heteroatoms. The van der Waals surface area contributed by atoms with Gasteiger partial charge in [-0.1, -0.05) is 23.7 Å². The van der Waals surface area contributed by atoms with Gasteiger partial charge < -0.3 is 9.64 Å². The molecular formula is C24H25ClN4O4S. The van der Waals surface area contributed by atoms with Crippen LogP contribution in [0.2, 0.25) is 5.02 Å². The second-order valence-electron chi connectivity index (χ2n) is 7.94. The molecule has 3 aromatic rings. The highest BCUT2D eigenvalue weighted by Crippen LogP contribution is 2.20. The first-order chi connectivity index (χ1) is 16.3. The lowest BCUT2D eigenvalue weighted by Crippen LogP contribution is -2.48. The van der Waals surface area contributed by atoms with Gasteiger partial charge in [-0.2, -0.15) is 0 Å². The zero-order valence-corrected chi connectivity index (χ0v) is 20.2. The number of anilines is 1. The van der Waals surface area contributed by atoms with Gasteiger partial charge in [0.2, 0.25) is 0 Å². The van der Waals surface area contributed by atoms with Gasteiger partial charge in [-0.15, -0.1) is 0 Å². The van der Waals surface area contributed by atoms with E-state index < -0.39 is 10.0 Å². The molecule has 0 bridgehead atoms. The second kappa shape index (κ2) is 10.4. The van der Waals surface area contributed by atoms with Crippen molar-refractivity contribution in [3.05, 3.63) is 83.1 Å². The number of halogens is 1. The number of pyridine rings is 1. The predicted molar refractivity (Wildman–Crippen MR) is 131 cm³/mol. The largest absolute Gasteiger partial charge is 0.497 e. The van der Waals surface area contributed by atoms with Crippen LogP contribution in [0.1, 0.15) is 15.9 Å². The Balaban J connectivity index is 1.30. The zero-order chi connectivity index (χ0) is 24.1. The molecule has 8 nitrogen and oxygen atoms in total. The van der Waals surface area contributed by atoms with E-state index >= 15 is 0 Å². The highest BCUT2D eigenvalue weighted by Gasteiger charge is 2.22. The first-order valence-corrected chi connectivity index (χ1v) is 12.6. The fraction of sp³-hybridized carbons (Fsp3) is 0.250. The normalized spacial score (nSPS) is 14.6. The SMILES string of the molecule is COc1ccc(S(=O)(=O)Nc2ccc(CN3CCN(C(=O)c4cncc(Cl)c4)CC3)cc2)cc1. The molecule has 1 aliphatic heterocycles. The van der Waals surface area contributed by atoms with Crippen molar-refractivity contribution < 1.29 is 17.9 Å². The Morgan fingerprint density at radius 2 is 1.71 bits per heavy atom. The highest BCUT2D eigenvalue weighted by molar-refractivity contribution is 7.92. The fourth-order valence-corrected chi connectivity index (χ4v) is 4.96. The van der Waals surface area contributed by atoms with Crippen molar-refractivity contribution in [2.24, 2.45) is 0 Å². The molecular weight excluding hydrogens is 476 g/mol. The van der Waals surface area contributed by atoms with Crippen molar-refractivity contribution in [3.63, 3.8) is 0 Å². The van der Waals surface area contributed by atoms with Crippen LogP contribution in [0.3, 0.4) is 0 Å². The minimum atomic E-state index is -3.68. The van der Waals surface area contributed by atoms with Crippen molar-refractivity contribution in [2.75, 3.05) is 38.0 Å². The number of rotatable bonds is 7. The summed E-state index contributed by atoms with van der Waals surface area (Å²) in [4.78, 5) is 20.9. The Morgan fingerprint density at radius 1 is 1.03 bits per heavy atom. The quantitative estimate of drug-likeness (QED) is 0.534. The molecule has 2 aromatic carbocycles. The number of benzene rings is 2. The molecule has 178 valence electrons. The lowest BCUT2D eigenvalue weighted by molar-refractivity contribution is 0.0628. The number of piperazine rings is 1.